The molecule has 0 amide bonds. The van der Waals surface area contributed by atoms with E-state index in [-0.39, 0.29) is 0 Å². The van der Waals surface area contributed by atoms with Crippen molar-refractivity contribution >= 4 is 5.69 Å². The number of alkyl halides is 3. The Balaban J connectivity index is 0.000000267. The summed E-state index contributed by atoms with van der Waals surface area (Å²) < 4.78 is 29.0. The van der Waals surface area contributed by atoms with Gasteiger partial charge in [-0.3, -0.25) is 0 Å². The minimum absolute atomic E-state index is 0.915. The SMILES string of the molecule is FC(F)F.Nc1cccc2c1Cc1ccccc1-2. The average Bonchev–Trinajstić information content (AvgIpc) is 2.69. The molecule has 0 radical (unpaired) electrons. The fraction of sp³-hybridized carbons (Fsp3) is 0.143. The molecule has 0 saturated heterocycles. The van der Waals surface area contributed by atoms with Crippen LogP contribution in [0.2, 0.25) is 0 Å². The van der Waals surface area contributed by atoms with Crippen molar-refractivity contribution in [3.63, 3.8) is 0 Å². The van der Waals surface area contributed by atoms with Gasteiger partial charge in [0, 0.05) is 12.1 Å². The van der Waals surface area contributed by atoms with Crippen molar-refractivity contribution in [2.24, 2.45) is 0 Å². The van der Waals surface area contributed by atoms with E-state index >= 15 is 0 Å². The maximum absolute atomic E-state index is 9.67. The lowest BCUT2D eigenvalue weighted by Crippen LogP contribution is -1.91. The Bertz CT molecular complexity index is 550. The topological polar surface area (TPSA) is 26.0 Å². The quantitative estimate of drug-likeness (QED) is 0.600. The van der Waals surface area contributed by atoms with Crippen LogP contribution in [0.4, 0.5) is 18.9 Å². The van der Waals surface area contributed by atoms with Gasteiger partial charge in [-0.2, -0.15) is 13.2 Å². The van der Waals surface area contributed by atoms with E-state index in [1.807, 2.05) is 12.1 Å². The predicted molar refractivity (Wildman–Crippen MR) is 66.2 cm³/mol. The molecule has 0 spiro atoms. The van der Waals surface area contributed by atoms with Gasteiger partial charge in [0.15, 0.2) is 0 Å². The van der Waals surface area contributed by atoms with Gasteiger partial charge in [-0.05, 0) is 28.3 Å². The van der Waals surface area contributed by atoms with E-state index in [0.717, 1.165) is 12.1 Å². The van der Waals surface area contributed by atoms with Crippen LogP contribution in [-0.2, 0) is 6.42 Å². The van der Waals surface area contributed by atoms with Crippen LogP contribution in [0.15, 0.2) is 42.5 Å². The van der Waals surface area contributed by atoms with E-state index in [9.17, 15) is 13.2 Å². The van der Waals surface area contributed by atoms with Crippen LogP contribution in [0, 0.1) is 0 Å². The van der Waals surface area contributed by atoms with Crippen LogP contribution in [-0.4, -0.2) is 6.68 Å². The first-order chi connectivity index (χ1) is 8.59. The third kappa shape index (κ3) is 2.47. The second-order valence-electron chi connectivity index (χ2n) is 3.95. The average molecular weight is 251 g/mol. The zero-order valence-corrected chi connectivity index (χ0v) is 9.54. The summed E-state index contributed by atoms with van der Waals surface area (Å²) in [6.45, 7) is -3.67. The molecule has 1 nitrogen and oxygen atoms in total. The standard InChI is InChI=1S/C13H11N.CHF3/c14-13-7-3-6-11-10-5-2-1-4-9(10)8-12(11)13;2-1(3)4/h1-7H,8,14H2;1H. The molecule has 1 aliphatic carbocycles. The zero-order chi connectivity index (χ0) is 13.1. The highest BCUT2D eigenvalue weighted by molar-refractivity contribution is 5.81. The Morgan fingerprint density at radius 1 is 0.889 bits per heavy atom. The van der Waals surface area contributed by atoms with Crippen molar-refractivity contribution in [3.05, 3.63) is 53.6 Å². The normalized spacial score (nSPS) is 11.6. The minimum atomic E-state index is -3.67. The third-order valence-corrected chi connectivity index (χ3v) is 2.89. The number of hydrogen-bond donors (Lipinski definition) is 1. The van der Waals surface area contributed by atoms with E-state index in [2.05, 4.69) is 30.3 Å². The summed E-state index contributed by atoms with van der Waals surface area (Å²) >= 11 is 0. The lowest BCUT2D eigenvalue weighted by Gasteiger charge is -2.02. The molecule has 1 aliphatic rings. The number of fused-ring (bicyclic) bond motifs is 3. The third-order valence-electron chi connectivity index (χ3n) is 2.89. The first-order valence-electron chi connectivity index (χ1n) is 5.47. The van der Waals surface area contributed by atoms with E-state index in [1.165, 1.54) is 22.3 Å². The second kappa shape index (κ2) is 5.12. The number of rotatable bonds is 0. The van der Waals surface area contributed by atoms with Crippen molar-refractivity contribution in [1.82, 2.24) is 0 Å². The number of anilines is 1. The predicted octanol–water partition coefficient (Wildman–Crippen LogP) is 4.02. The molecule has 2 aromatic rings. The molecule has 0 aliphatic heterocycles. The van der Waals surface area contributed by atoms with Crippen LogP contribution in [0.25, 0.3) is 11.1 Å². The summed E-state index contributed by atoms with van der Waals surface area (Å²) in [5, 5.41) is 0. The molecule has 2 N–H and O–H groups in total. The lowest BCUT2D eigenvalue weighted by molar-refractivity contribution is 0.00819. The monoisotopic (exact) mass is 251 g/mol. The van der Waals surface area contributed by atoms with Gasteiger partial charge in [-0.25, -0.2) is 0 Å². The number of hydrogen-bond acceptors (Lipinski definition) is 1. The molecular weight excluding hydrogens is 239 g/mol. The van der Waals surface area contributed by atoms with E-state index in [0.29, 0.717) is 0 Å². The highest BCUT2D eigenvalue weighted by atomic mass is 19.4. The Hall–Kier alpha value is -1.97. The molecule has 4 heteroatoms. The fourth-order valence-corrected chi connectivity index (χ4v) is 2.18. The van der Waals surface area contributed by atoms with Crippen LogP contribution in [0.5, 0.6) is 0 Å². The van der Waals surface area contributed by atoms with Gasteiger partial charge in [0.25, 0.3) is 0 Å². The van der Waals surface area contributed by atoms with Gasteiger partial charge < -0.3 is 5.73 Å². The molecule has 0 atom stereocenters. The van der Waals surface area contributed by atoms with Crippen molar-refractivity contribution in [3.8, 4) is 11.1 Å². The summed E-state index contributed by atoms with van der Waals surface area (Å²) in [6.07, 6.45) is 0.984. The van der Waals surface area contributed by atoms with Crippen LogP contribution in [0.1, 0.15) is 11.1 Å². The first-order valence-corrected chi connectivity index (χ1v) is 5.47. The van der Waals surface area contributed by atoms with Crippen LogP contribution < -0.4 is 5.73 Å². The molecule has 0 aromatic heterocycles. The molecule has 18 heavy (non-hydrogen) atoms. The molecule has 2 aromatic carbocycles. The molecule has 0 unspecified atom stereocenters. The summed E-state index contributed by atoms with van der Waals surface area (Å²) in [5.74, 6) is 0. The van der Waals surface area contributed by atoms with E-state index in [4.69, 9.17) is 5.73 Å². The number of halogens is 3. The summed E-state index contributed by atoms with van der Waals surface area (Å²) in [4.78, 5) is 0. The molecular formula is C14H12F3N. The Kier molecular flexibility index (Phi) is 3.55. The summed E-state index contributed by atoms with van der Waals surface area (Å²) in [5.41, 5.74) is 12.2. The van der Waals surface area contributed by atoms with Gasteiger partial charge in [0.05, 0.1) is 0 Å². The number of benzene rings is 2. The number of nitrogen functional groups attached to an aromatic ring is 1. The molecule has 0 saturated carbocycles. The van der Waals surface area contributed by atoms with Crippen LogP contribution >= 0.6 is 0 Å². The summed E-state index contributed by atoms with van der Waals surface area (Å²) in [6, 6.07) is 14.7. The highest BCUT2D eigenvalue weighted by Gasteiger charge is 2.18. The van der Waals surface area contributed by atoms with Gasteiger partial charge >= 0.3 is 6.68 Å². The summed E-state index contributed by atoms with van der Waals surface area (Å²) in [7, 11) is 0. The highest BCUT2D eigenvalue weighted by Crippen LogP contribution is 2.38. The zero-order valence-electron chi connectivity index (χ0n) is 9.54. The van der Waals surface area contributed by atoms with E-state index < -0.39 is 6.68 Å². The van der Waals surface area contributed by atoms with Gasteiger partial charge in [0.1, 0.15) is 0 Å². The van der Waals surface area contributed by atoms with Crippen molar-refractivity contribution in [2.75, 3.05) is 5.73 Å². The van der Waals surface area contributed by atoms with Gasteiger partial charge in [-0.15, -0.1) is 0 Å². The van der Waals surface area contributed by atoms with Gasteiger partial charge in [0.2, 0.25) is 0 Å². The van der Waals surface area contributed by atoms with Gasteiger partial charge in [-0.1, -0.05) is 36.4 Å². The maximum Gasteiger partial charge on any atom is 0.379 e. The molecule has 0 heterocycles. The van der Waals surface area contributed by atoms with Crippen molar-refractivity contribution < 1.29 is 13.2 Å². The Morgan fingerprint density at radius 2 is 1.50 bits per heavy atom. The molecule has 0 fully saturated rings. The smallest absolute Gasteiger partial charge is 0.379 e. The van der Waals surface area contributed by atoms with Crippen molar-refractivity contribution in [2.45, 2.75) is 13.1 Å². The van der Waals surface area contributed by atoms with E-state index in [1.54, 1.807) is 0 Å². The molecule has 3 rings (SSSR count). The van der Waals surface area contributed by atoms with Crippen LogP contribution in [0.3, 0.4) is 0 Å². The number of nitrogens with two attached hydrogens (primary N) is 1. The minimum Gasteiger partial charge on any atom is -0.398 e. The Morgan fingerprint density at radius 3 is 2.22 bits per heavy atom. The fourth-order valence-electron chi connectivity index (χ4n) is 2.18. The second-order valence-corrected chi connectivity index (χ2v) is 3.95. The lowest BCUT2D eigenvalue weighted by atomic mass is 10.1. The maximum atomic E-state index is 9.67. The Labute approximate surface area is 103 Å². The molecule has 0 bridgehead atoms. The first kappa shape index (κ1) is 12.5. The van der Waals surface area contributed by atoms with Crippen molar-refractivity contribution in [1.29, 1.82) is 0 Å². The largest absolute Gasteiger partial charge is 0.398 e. The molecule has 94 valence electrons.